The van der Waals surface area contributed by atoms with Crippen LogP contribution in [-0.4, -0.2) is 48.5 Å². The van der Waals surface area contributed by atoms with Gasteiger partial charge in [0.2, 0.25) is 0 Å². The van der Waals surface area contributed by atoms with E-state index in [1.54, 1.807) is 0 Å². The van der Waals surface area contributed by atoms with Crippen LogP contribution in [0, 0.1) is 10.1 Å². The van der Waals surface area contributed by atoms with Gasteiger partial charge in [0.25, 0.3) is 15.7 Å². The zero-order chi connectivity index (χ0) is 25.0. The molecule has 13 heteroatoms. The van der Waals surface area contributed by atoms with Gasteiger partial charge in [0.1, 0.15) is 5.82 Å². The molecule has 0 amide bonds. The lowest BCUT2D eigenvalue weighted by Crippen LogP contribution is -2.44. The molecule has 0 bridgehead atoms. The van der Waals surface area contributed by atoms with E-state index in [0.29, 0.717) is 49.0 Å². The predicted octanol–water partition coefficient (Wildman–Crippen LogP) is 3.76. The van der Waals surface area contributed by atoms with E-state index in [9.17, 15) is 31.7 Å². The molecule has 0 spiro atoms. The number of anilines is 1. The number of fused-ring (bicyclic) bond motifs is 3. The Kier molecular flexibility index (Phi) is 5.40. The number of halogens is 3. The molecule has 3 heterocycles. The van der Waals surface area contributed by atoms with Gasteiger partial charge in [-0.3, -0.25) is 10.1 Å². The molecule has 0 atom stereocenters. The summed E-state index contributed by atoms with van der Waals surface area (Å²) < 4.78 is 67.7. The van der Waals surface area contributed by atoms with Gasteiger partial charge in [-0.2, -0.15) is 13.2 Å². The molecular weight excluding hydrogens is 487 g/mol. The van der Waals surface area contributed by atoms with E-state index in [2.05, 4.69) is 10.3 Å². The maximum Gasteiger partial charge on any atom is 0.416 e. The Morgan fingerprint density at radius 1 is 1.03 bits per heavy atom. The largest absolute Gasteiger partial charge is 0.416 e. The van der Waals surface area contributed by atoms with Crippen molar-refractivity contribution in [1.29, 1.82) is 0 Å². The van der Waals surface area contributed by atoms with Crippen molar-refractivity contribution >= 4 is 43.3 Å². The number of nitrogens with one attached hydrogen (secondary N) is 1. The van der Waals surface area contributed by atoms with Crippen molar-refractivity contribution in [2.75, 3.05) is 31.1 Å². The molecular formula is C22H18F3N5O4S. The standard InChI is InChI=1S/C22H18F3N5O4S/c23-22(24,25)14-2-1-3-16(12-14)35(33,34)29-9-6-17-20(29)18-13-15(30(31)32)4-5-19(18)27-21(17)28-10-7-26-8-11-28/h1-6,9,12-13,26H,7-8,10-11H2. The van der Waals surface area contributed by atoms with E-state index in [1.807, 2.05) is 4.90 Å². The fourth-order valence-corrected chi connectivity index (χ4v) is 5.63. The first-order valence-electron chi connectivity index (χ1n) is 10.5. The molecule has 1 saturated heterocycles. The second kappa shape index (κ2) is 8.20. The van der Waals surface area contributed by atoms with Crippen LogP contribution in [-0.2, 0) is 16.2 Å². The fraction of sp³-hybridized carbons (Fsp3) is 0.227. The summed E-state index contributed by atoms with van der Waals surface area (Å²) in [7, 11) is -4.49. The van der Waals surface area contributed by atoms with Crippen LogP contribution in [0.25, 0.3) is 21.8 Å². The van der Waals surface area contributed by atoms with Crippen molar-refractivity contribution in [3.05, 3.63) is 70.4 Å². The number of hydrogen-bond donors (Lipinski definition) is 1. The first-order chi connectivity index (χ1) is 16.6. The summed E-state index contributed by atoms with van der Waals surface area (Å²) in [6.45, 7) is 2.58. The normalized spacial score (nSPS) is 15.1. The van der Waals surface area contributed by atoms with Gasteiger partial charge in [-0.1, -0.05) is 6.07 Å². The van der Waals surface area contributed by atoms with Crippen molar-refractivity contribution in [3.8, 4) is 0 Å². The Hall–Kier alpha value is -3.71. The van der Waals surface area contributed by atoms with Crippen LogP contribution >= 0.6 is 0 Å². The Morgan fingerprint density at radius 2 is 1.77 bits per heavy atom. The number of nitro benzene ring substituents is 1. The lowest BCUT2D eigenvalue weighted by atomic mass is 10.1. The van der Waals surface area contributed by atoms with Crippen LogP contribution in [0.4, 0.5) is 24.7 Å². The van der Waals surface area contributed by atoms with Crippen molar-refractivity contribution in [2.24, 2.45) is 0 Å². The number of hydrogen-bond acceptors (Lipinski definition) is 7. The monoisotopic (exact) mass is 505 g/mol. The zero-order valence-electron chi connectivity index (χ0n) is 18.0. The smallest absolute Gasteiger partial charge is 0.353 e. The highest BCUT2D eigenvalue weighted by molar-refractivity contribution is 7.90. The summed E-state index contributed by atoms with van der Waals surface area (Å²) in [6.07, 6.45) is -3.48. The number of pyridine rings is 1. The van der Waals surface area contributed by atoms with Crippen molar-refractivity contribution < 1.29 is 26.5 Å². The van der Waals surface area contributed by atoms with Crippen molar-refractivity contribution in [1.82, 2.24) is 14.3 Å². The summed E-state index contributed by atoms with van der Waals surface area (Å²) in [6, 6.07) is 8.93. The maximum atomic E-state index is 13.6. The second-order valence-corrected chi connectivity index (χ2v) is 9.85. The lowest BCUT2D eigenvalue weighted by molar-refractivity contribution is -0.384. The molecule has 1 aliphatic rings. The van der Waals surface area contributed by atoms with Crippen molar-refractivity contribution in [2.45, 2.75) is 11.1 Å². The fourth-order valence-electron chi connectivity index (χ4n) is 4.22. The lowest BCUT2D eigenvalue weighted by Gasteiger charge is -2.29. The molecule has 0 radical (unpaired) electrons. The second-order valence-electron chi connectivity index (χ2n) is 8.04. The van der Waals surface area contributed by atoms with Gasteiger partial charge >= 0.3 is 6.18 Å². The molecule has 2 aromatic heterocycles. The van der Waals surface area contributed by atoms with Crippen LogP contribution in [0.5, 0.6) is 0 Å². The molecule has 0 saturated carbocycles. The summed E-state index contributed by atoms with van der Waals surface area (Å²) >= 11 is 0. The van der Waals surface area contributed by atoms with Gasteiger partial charge < -0.3 is 10.2 Å². The Bertz CT molecular complexity index is 1580. The minimum absolute atomic E-state index is 0.115. The Balaban J connectivity index is 1.80. The predicted molar refractivity (Wildman–Crippen MR) is 123 cm³/mol. The number of nitro groups is 1. The van der Waals surface area contributed by atoms with E-state index in [1.165, 1.54) is 30.5 Å². The molecule has 4 aromatic rings. The van der Waals surface area contributed by atoms with Gasteiger partial charge in [0.15, 0.2) is 0 Å². The highest BCUT2D eigenvalue weighted by atomic mass is 32.2. The Labute approximate surface area is 197 Å². The number of benzene rings is 2. The van der Waals surface area contributed by atoms with E-state index < -0.39 is 31.6 Å². The minimum Gasteiger partial charge on any atom is -0.353 e. The number of rotatable bonds is 4. The van der Waals surface area contributed by atoms with Crippen LogP contribution in [0.3, 0.4) is 0 Å². The quantitative estimate of drug-likeness (QED) is 0.332. The zero-order valence-corrected chi connectivity index (χ0v) is 18.8. The number of piperazine rings is 1. The molecule has 1 fully saturated rings. The van der Waals surface area contributed by atoms with E-state index in [-0.39, 0.29) is 16.6 Å². The third kappa shape index (κ3) is 3.96. The molecule has 0 unspecified atom stereocenters. The molecule has 2 aromatic carbocycles. The van der Waals surface area contributed by atoms with Crippen LogP contribution in [0.1, 0.15) is 5.56 Å². The van der Waals surface area contributed by atoms with Gasteiger partial charge in [-0.05, 0) is 30.3 Å². The molecule has 1 aliphatic heterocycles. The molecule has 35 heavy (non-hydrogen) atoms. The first-order valence-corrected chi connectivity index (χ1v) is 12.0. The molecule has 182 valence electrons. The van der Waals surface area contributed by atoms with Gasteiger partial charge in [0.05, 0.1) is 26.4 Å². The number of non-ortho nitro benzene ring substituents is 1. The van der Waals surface area contributed by atoms with Crippen molar-refractivity contribution in [3.63, 3.8) is 0 Å². The molecule has 5 rings (SSSR count). The third-order valence-corrected chi connectivity index (χ3v) is 7.57. The SMILES string of the molecule is O=[N+]([O-])c1ccc2nc(N3CCNCC3)c3ccn(S(=O)(=O)c4cccc(C(F)(F)F)c4)c3c2c1. The number of alkyl halides is 3. The van der Waals surface area contributed by atoms with Crippen LogP contribution in [0.15, 0.2) is 59.6 Å². The van der Waals surface area contributed by atoms with Gasteiger partial charge in [0, 0.05) is 55.3 Å². The summed E-state index contributed by atoms with van der Waals surface area (Å²) in [5.41, 5.74) is -0.918. The topological polar surface area (TPSA) is 110 Å². The van der Waals surface area contributed by atoms with Gasteiger partial charge in [-0.25, -0.2) is 17.4 Å². The number of aromatic nitrogens is 2. The average Bonchev–Trinajstić information content (AvgIpc) is 3.30. The Morgan fingerprint density at radius 3 is 2.46 bits per heavy atom. The van der Waals surface area contributed by atoms with E-state index >= 15 is 0 Å². The minimum atomic E-state index is -4.73. The summed E-state index contributed by atoms with van der Waals surface area (Å²) in [4.78, 5) is 16.9. The highest BCUT2D eigenvalue weighted by Crippen LogP contribution is 2.37. The molecule has 1 N–H and O–H groups in total. The summed E-state index contributed by atoms with van der Waals surface area (Å²) in [5.74, 6) is 0.501. The average molecular weight is 505 g/mol. The van der Waals surface area contributed by atoms with Crippen LogP contribution in [0.2, 0.25) is 0 Å². The van der Waals surface area contributed by atoms with Crippen LogP contribution < -0.4 is 10.2 Å². The molecule has 9 nitrogen and oxygen atoms in total. The maximum absolute atomic E-state index is 13.6. The highest BCUT2D eigenvalue weighted by Gasteiger charge is 2.32. The molecule has 0 aliphatic carbocycles. The summed E-state index contributed by atoms with van der Waals surface area (Å²) in [5, 5.41) is 15.3. The van der Waals surface area contributed by atoms with Gasteiger partial charge in [-0.15, -0.1) is 0 Å². The first kappa shape index (κ1) is 23.1. The van der Waals surface area contributed by atoms with E-state index in [4.69, 9.17) is 0 Å². The third-order valence-electron chi connectivity index (χ3n) is 5.90. The number of nitrogens with zero attached hydrogens (tertiary/aromatic N) is 4. The van der Waals surface area contributed by atoms with E-state index in [0.717, 1.165) is 22.2 Å².